The van der Waals surface area contributed by atoms with Crippen LogP contribution in [0.15, 0.2) is 188 Å². The molecule has 1 nitrogen and oxygen atoms in total. The van der Waals surface area contributed by atoms with Crippen LogP contribution in [0.25, 0.3) is 54.9 Å². The first kappa shape index (κ1) is 19.4. The Labute approximate surface area is 275 Å². The molecule has 212 valence electrons. The molecule has 0 aliphatic heterocycles. The number of rotatable bonds is 6. The fraction of sp³-hybridized carbons (Fsp3) is 0. The molecule has 0 bridgehead atoms. The van der Waals surface area contributed by atoms with Gasteiger partial charge in [-0.1, -0.05) is 152 Å². The van der Waals surface area contributed by atoms with E-state index in [4.69, 9.17) is 2.74 Å². The number of hydrogen-bond donors (Lipinski definition) is 0. The van der Waals surface area contributed by atoms with E-state index >= 15 is 0 Å². The summed E-state index contributed by atoms with van der Waals surface area (Å²) in [6.07, 6.45) is 0. The molecule has 0 amide bonds. The van der Waals surface area contributed by atoms with Gasteiger partial charge in [-0.2, -0.15) is 0 Å². The standard InChI is InChI=1S/C44H31N/c1-2-11-32(12-3-1)33-23-27-39(28-24-33)45(44-22-10-16-36-14-5-7-20-43(36)44)40-29-25-34(26-30-40)37-17-8-18-38(31-37)42-21-9-15-35-13-4-6-19-41(35)42/h1-31H/i23D,24D,25D,26D,27D,28D,29D,30D. The Kier molecular flexibility index (Phi) is 5.01. The Morgan fingerprint density at radius 1 is 0.356 bits per heavy atom. The molecule has 0 fully saturated rings. The molecule has 0 aromatic heterocycles. The first-order chi connectivity index (χ1) is 25.7. The first-order valence-electron chi connectivity index (χ1n) is 18.8. The van der Waals surface area contributed by atoms with Gasteiger partial charge in [-0.05, 0) is 85.8 Å². The molecule has 0 saturated heterocycles. The highest BCUT2D eigenvalue weighted by Crippen LogP contribution is 2.40. The summed E-state index contributed by atoms with van der Waals surface area (Å²) >= 11 is 0. The molecule has 1 heteroatoms. The molecular formula is C44H31N. The van der Waals surface area contributed by atoms with Gasteiger partial charge in [0, 0.05) is 16.8 Å². The molecule has 8 aromatic carbocycles. The SMILES string of the molecule is [2H]c1c([2H])c(N(c2c([2H])c([2H])c(-c3cccc(-c4cccc5ccccc45)c3)c([2H])c2[2H])c2cccc3ccccc23)c([2H])c([2H])c1-c1ccccc1. The summed E-state index contributed by atoms with van der Waals surface area (Å²) in [5.41, 5.74) is 3.13. The summed E-state index contributed by atoms with van der Waals surface area (Å²) in [6, 6.07) is 40.5. The summed E-state index contributed by atoms with van der Waals surface area (Å²) in [7, 11) is 0. The van der Waals surface area contributed by atoms with E-state index in [9.17, 15) is 8.22 Å². The monoisotopic (exact) mass is 581 g/mol. The maximum Gasteiger partial charge on any atom is 0.0645 e. The second-order valence-electron chi connectivity index (χ2n) is 10.8. The number of nitrogens with zero attached hydrogens (tertiary/aromatic N) is 1. The van der Waals surface area contributed by atoms with Gasteiger partial charge in [-0.15, -0.1) is 0 Å². The lowest BCUT2D eigenvalue weighted by atomic mass is 9.95. The lowest BCUT2D eigenvalue weighted by Gasteiger charge is -2.27. The summed E-state index contributed by atoms with van der Waals surface area (Å²) in [6.45, 7) is 0. The van der Waals surface area contributed by atoms with Crippen LogP contribution in [0.2, 0.25) is 0 Å². The average molecular weight is 582 g/mol. The van der Waals surface area contributed by atoms with Gasteiger partial charge >= 0.3 is 0 Å². The van der Waals surface area contributed by atoms with E-state index in [0.717, 1.165) is 27.3 Å². The van der Waals surface area contributed by atoms with Crippen molar-refractivity contribution in [3.8, 4) is 33.4 Å². The highest BCUT2D eigenvalue weighted by atomic mass is 15.1. The molecule has 0 aliphatic rings. The van der Waals surface area contributed by atoms with Crippen LogP contribution in [0.4, 0.5) is 17.1 Å². The summed E-state index contributed by atoms with van der Waals surface area (Å²) in [5.74, 6) is 0. The van der Waals surface area contributed by atoms with Crippen LogP contribution < -0.4 is 4.90 Å². The van der Waals surface area contributed by atoms with E-state index < -0.39 is 0 Å². The van der Waals surface area contributed by atoms with Gasteiger partial charge in [-0.25, -0.2) is 0 Å². The predicted octanol–water partition coefficient (Wildman–Crippen LogP) is 12.5. The number of benzene rings is 8. The highest BCUT2D eigenvalue weighted by molar-refractivity contribution is 5.99. The zero-order chi connectivity index (χ0) is 37.0. The van der Waals surface area contributed by atoms with Crippen LogP contribution in [0.5, 0.6) is 0 Å². The highest BCUT2D eigenvalue weighted by Gasteiger charge is 2.16. The van der Waals surface area contributed by atoms with Crippen molar-refractivity contribution in [2.45, 2.75) is 0 Å². The van der Waals surface area contributed by atoms with Crippen LogP contribution in [-0.2, 0) is 0 Å². The smallest absolute Gasteiger partial charge is 0.0645 e. The molecule has 0 saturated carbocycles. The fourth-order valence-corrected chi connectivity index (χ4v) is 5.80. The van der Waals surface area contributed by atoms with Crippen LogP contribution in [0, 0.1) is 0 Å². The summed E-state index contributed by atoms with van der Waals surface area (Å²) < 4.78 is 74.4. The second kappa shape index (κ2) is 11.6. The third-order valence-corrected chi connectivity index (χ3v) is 7.99. The molecule has 45 heavy (non-hydrogen) atoms. The number of hydrogen-bond acceptors (Lipinski definition) is 1. The van der Waals surface area contributed by atoms with Crippen molar-refractivity contribution in [2.24, 2.45) is 0 Å². The van der Waals surface area contributed by atoms with Crippen LogP contribution in [0.3, 0.4) is 0 Å². The molecule has 0 heterocycles. The van der Waals surface area contributed by atoms with E-state index in [1.54, 1.807) is 42.5 Å². The molecule has 8 aromatic rings. The Hall–Kier alpha value is -5.92. The van der Waals surface area contributed by atoms with Gasteiger partial charge in [0.1, 0.15) is 0 Å². The lowest BCUT2D eigenvalue weighted by Crippen LogP contribution is -2.10. The summed E-state index contributed by atoms with van der Waals surface area (Å²) in [5, 5.41) is 3.60. The third kappa shape index (κ3) is 5.15. The average Bonchev–Trinajstić information content (AvgIpc) is 3.19. The van der Waals surface area contributed by atoms with E-state index in [1.165, 1.54) is 4.90 Å². The lowest BCUT2D eigenvalue weighted by molar-refractivity contribution is 1.30. The predicted molar refractivity (Wildman–Crippen MR) is 192 cm³/mol. The van der Waals surface area contributed by atoms with E-state index in [0.29, 0.717) is 22.2 Å². The normalized spacial score (nSPS) is 13.6. The third-order valence-electron chi connectivity index (χ3n) is 7.99. The van der Waals surface area contributed by atoms with Crippen molar-refractivity contribution in [3.63, 3.8) is 0 Å². The van der Waals surface area contributed by atoms with Crippen molar-refractivity contribution >= 4 is 38.6 Å². The number of anilines is 3. The van der Waals surface area contributed by atoms with E-state index in [2.05, 4.69) is 0 Å². The fourth-order valence-electron chi connectivity index (χ4n) is 5.80. The van der Waals surface area contributed by atoms with Crippen molar-refractivity contribution in [1.29, 1.82) is 0 Å². The van der Waals surface area contributed by atoms with Gasteiger partial charge in [0.2, 0.25) is 0 Å². The second-order valence-corrected chi connectivity index (χ2v) is 10.8. The molecule has 0 unspecified atom stereocenters. The van der Waals surface area contributed by atoms with Crippen LogP contribution >= 0.6 is 0 Å². The molecule has 8 rings (SSSR count). The van der Waals surface area contributed by atoms with Gasteiger partial charge < -0.3 is 4.90 Å². The minimum absolute atomic E-state index is 0.114. The minimum Gasteiger partial charge on any atom is -0.310 e. The summed E-state index contributed by atoms with van der Waals surface area (Å²) in [4.78, 5) is 1.37. The van der Waals surface area contributed by atoms with Crippen molar-refractivity contribution < 1.29 is 11.0 Å². The van der Waals surface area contributed by atoms with E-state index in [-0.39, 0.29) is 70.8 Å². The van der Waals surface area contributed by atoms with E-state index in [1.807, 2.05) is 97.1 Å². The Bertz CT molecular complexity index is 2660. The van der Waals surface area contributed by atoms with Gasteiger partial charge in [0.05, 0.1) is 16.7 Å². The maximum absolute atomic E-state index is 9.46. The zero-order valence-corrected chi connectivity index (χ0v) is 24.2. The van der Waals surface area contributed by atoms with Gasteiger partial charge in [-0.3, -0.25) is 0 Å². The molecule has 0 radical (unpaired) electrons. The topological polar surface area (TPSA) is 3.24 Å². The molecule has 0 atom stereocenters. The first-order valence-corrected chi connectivity index (χ1v) is 14.8. The minimum atomic E-state index is -0.381. The Morgan fingerprint density at radius 2 is 0.844 bits per heavy atom. The molecule has 0 spiro atoms. The largest absolute Gasteiger partial charge is 0.310 e. The number of fused-ring (bicyclic) bond motifs is 2. The Balaban J connectivity index is 1.38. The van der Waals surface area contributed by atoms with Gasteiger partial charge in [0.25, 0.3) is 0 Å². The van der Waals surface area contributed by atoms with Crippen molar-refractivity contribution in [2.75, 3.05) is 4.90 Å². The molecular weight excluding hydrogens is 542 g/mol. The quantitative estimate of drug-likeness (QED) is 0.189. The molecule has 0 N–H and O–H groups in total. The van der Waals surface area contributed by atoms with Crippen molar-refractivity contribution in [1.82, 2.24) is 0 Å². The van der Waals surface area contributed by atoms with Crippen LogP contribution in [0.1, 0.15) is 11.0 Å². The van der Waals surface area contributed by atoms with Crippen LogP contribution in [-0.4, -0.2) is 0 Å². The Morgan fingerprint density at radius 3 is 1.56 bits per heavy atom. The molecule has 0 aliphatic carbocycles. The zero-order valence-electron chi connectivity index (χ0n) is 32.2. The maximum atomic E-state index is 9.46. The van der Waals surface area contributed by atoms with Crippen molar-refractivity contribution in [3.05, 3.63) is 188 Å². The van der Waals surface area contributed by atoms with Gasteiger partial charge in [0.15, 0.2) is 0 Å².